The van der Waals surface area contributed by atoms with E-state index in [9.17, 15) is 9.59 Å². The van der Waals surface area contributed by atoms with E-state index in [1.807, 2.05) is 0 Å². The quantitative estimate of drug-likeness (QED) is 0.469. The molecule has 6 nitrogen and oxygen atoms in total. The smallest absolute Gasteiger partial charge is 0.349 e. The number of carbonyl (C=O) groups excluding carboxylic acids is 1. The first-order valence-corrected chi connectivity index (χ1v) is 7.37. The van der Waals surface area contributed by atoms with Gasteiger partial charge in [0, 0.05) is 12.1 Å². The van der Waals surface area contributed by atoms with Crippen LogP contribution in [0.25, 0.3) is 17.0 Å². The van der Waals surface area contributed by atoms with Gasteiger partial charge in [-0.2, -0.15) is 5.26 Å². The highest BCUT2D eigenvalue weighted by molar-refractivity contribution is 6.31. The summed E-state index contributed by atoms with van der Waals surface area (Å²) in [7, 11) is 1.47. The van der Waals surface area contributed by atoms with Crippen LogP contribution in [0.3, 0.4) is 0 Å². The average molecular weight is 348 g/mol. The monoisotopic (exact) mass is 347 g/mol. The molecule has 124 valence electrons. The van der Waals surface area contributed by atoms with Crippen molar-refractivity contribution in [2.24, 2.45) is 0 Å². The summed E-state index contributed by atoms with van der Waals surface area (Å²) >= 11 is 5.88. The van der Waals surface area contributed by atoms with Crippen molar-refractivity contribution in [2.45, 2.75) is 13.0 Å². The lowest BCUT2D eigenvalue weighted by molar-refractivity contribution is -0.145. The van der Waals surface area contributed by atoms with Gasteiger partial charge in [-0.05, 0) is 31.2 Å². The normalized spacial score (nSPS) is 12.7. The van der Waals surface area contributed by atoms with Crippen molar-refractivity contribution in [3.63, 3.8) is 0 Å². The lowest BCUT2D eigenvalue weighted by Crippen LogP contribution is -2.20. The van der Waals surface area contributed by atoms with Gasteiger partial charge in [0.25, 0.3) is 0 Å². The number of esters is 1. The van der Waals surface area contributed by atoms with E-state index in [0.29, 0.717) is 10.6 Å². The van der Waals surface area contributed by atoms with Gasteiger partial charge in [-0.3, -0.25) is 4.79 Å². The summed E-state index contributed by atoms with van der Waals surface area (Å²) in [4.78, 5) is 24.4. The van der Waals surface area contributed by atoms with Crippen LogP contribution in [0.15, 0.2) is 39.2 Å². The van der Waals surface area contributed by atoms with Gasteiger partial charge in [-0.15, -0.1) is 0 Å². The summed E-state index contributed by atoms with van der Waals surface area (Å²) in [6.45, 7) is 1.82. The molecular weight excluding hydrogens is 334 g/mol. The van der Waals surface area contributed by atoms with Gasteiger partial charge in [0.05, 0.1) is 17.6 Å². The van der Waals surface area contributed by atoms with Gasteiger partial charge in [-0.1, -0.05) is 11.6 Å². The van der Waals surface area contributed by atoms with Crippen LogP contribution < -0.4 is 5.43 Å². The van der Waals surface area contributed by atoms with Gasteiger partial charge in [0.15, 0.2) is 5.43 Å². The Morgan fingerprint density at radius 2 is 2.25 bits per heavy atom. The number of hydrogen-bond donors (Lipinski definition) is 0. The maximum absolute atomic E-state index is 12.4. The zero-order valence-electron chi connectivity index (χ0n) is 13.0. The molecule has 0 aliphatic rings. The van der Waals surface area contributed by atoms with Crippen LogP contribution in [-0.2, 0) is 14.3 Å². The number of methoxy groups -OCH3 is 1. The Balaban J connectivity index is 2.39. The number of halogens is 1. The molecule has 0 amide bonds. The van der Waals surface area contributed by atoms with Crippen molar-refractivity contribution >= 4 is 34.6 Å². The van der Waals surface area contributed by atoms with Crippen LogP contribution in [0.4, 0.5) is 0 Å². The zero-order chi connectivity index (χ0) is 17.7. The van der Waals surface area contributed by atoms with Crippen molar-refractivity contribution < 1.29 is 18.7 Å². The van der Waals surface area contributed by atoms with Crippen LogP contribution in [-0.4, -0.2) is 25.8 Å². The van der Waals surface area contributed by atoms with E-state index in [2.05, 4.69) is 0 Å². The topological polar surface area (TPSA) is 89.5 Å². The van der Waals surface area contributed by atoms with Gasteiger partial charge < -0.3 is 13.9 Å². The highest BCUT2D eigenvalue weighted by Crippen LogP contribution is 2.18. The Kier molecular flexibility index (Phi) is 5.74. The maximum atomic E-state index is 12.4. The number of fused-ring (bicyclic) bond motifs is 1. The highest BCUT2D eigenvalue weighted by Gasteiger charge is 2.16. The lowest BCUT2D eigenvalue weighted by Gasteiger charge is -2.11. The molecule has 1 heterocycles. The van der Waals surface area contributed by atoms with E-state index in [1.165, 1.54) is 19.4 Å². The Bertz CT molecular complexity index is 894. The number of nitrogens with zero attached hydrogens (tertiary/aromatic N) is 1. The Morgan fingerprint density at radius 1 is 1.50 bits per heavy atom. The van der Waals surface area contributed by atoms with E-state index in [-0.39, 0.29) is 23.1 Å². The largest absolute Gasteiger partial charge is 0.463 e. The fourth-order valence-corrected chi connectivity index (χ4v) is 2.20. The molecule has 1 aromatic carbocycles. The van der Waals surface area contributed by atoms with E-state index in [0.717, 1.165) is 6.08 Å². The summed E-state index contributed by atoms with van der Waals surface area (Å²) in [5, 5.41) is 9.78. The van der Waals surface area contributed by atoms with Gasteiger partial charge in [-0.25, -0.2) is 4.79 Å². The third kappa shape index (κ3) is 4.02. The second kappa shape index (κ2) is 7.77. The van der Waals surface area contributed by atoms with E-state index in [4.69, 9.17) is 30.8 Å². The lowest BCUT2D eigenvalue weighted by atomic mass is 10.1. The van der Waals surface area contributed by atoms with Crippen LogP contribution in [0.5, 0.6) is 0 Å². The molecule has 0 saturated carbocycles. The van der Waals surface area contributed by atoms with E-state index >= 15 is 0 Å². The molecule has 0 bridgehead atoms. The Labute approximate surface area is 142 Å². The van der Waals surface area contributed by atoms with Gasteiger partial charge >= 0.3 is 5.97 Å². The molecule has 1 atom stereocenters. The first-order chi connectivity index (χ1) is 11.5. The van der Waals surface area contributed by atoms with Crippen molar-refractivity contribution in [1.29, 1.82) is 5.26 Å². The minimum atomic E-state index is -0.840. The number of ether oxygens (including phenoxy) is 2. The van der Waals surface area contributed by atoms with Gasteiger partial charge in [0.1, 0.15) is 29.6 Å². The molecule has 0 spiro atoms. The number of hydrogen-bond acceptors (Lipinski definition) is 6. The molecule has 0 aliphatic carbocycles. The molecule has 0 N–H and O–H groups in total. The molecular formula is C17H14ClNO5. The molecule has 24 heavy (non-hydrogen) atoms. The summed E-state index contributed by atoms with van der Waals surface area (Å²) < 4.78 is 15.3. The summed E-state index contributed by atoms with van der Waals surface area (Å²) in [6, 6.07) is 6.35. The van der Waals surface area contributed by atoms with Crippen molar-refractivity contribution in [1.82, 2.24) is 0 Å². The van der Waals surface area contributed by atoms with Crippen molar-refractivity contribution in [3.8, 4) is 6.07 Å². The minimum absolute atomic E-state index is 0.0534. The predicted molar refractivity (Wildman–Crippen MR) is 88.5 cm³/mol. The van der Waals surface area contributed by atoms with Crippen LogP contribution in [0.2, 0.25) is 5.02 Å². The Morgan fingerprint density at radius 3 is 2.92 bits per heavy atom. The molecule has 7 heteroatoms. The molecule has 1 aromatic heterocycles. The fourth-order valence-electron chi connectivity index (χ4n) is 2.03. The number of benzene rings is 1. The van der Waals surface area contributed by atoms with Crippen molar-refractivity contribution in [3.05, 3.63) is 50.8 Å². The number of carbonyl (C=O) groups is 1. The van der Waals surface area contributed by atoms with Crippen LogP contribution in [0.1, 0.15) is 12.5 Å². The first kappa shape index (κ1) is 17.7. The molecule has 0 fully saturated rings. The summed E-state index contributed by atoms with van der Waals surface area (Å²) in [6.07, 6.45) is 1.79. The van der Waals surface area contributed by atoms with Crippen molar-refractivity contribution in [2.75, 3.05) is 13.7 Å². The second-order valence-electron chi connectivity index (χ2n) is 5.00. The number of rotatable bonds is 5. The van der Waals surface area contributed by atoms with E-state index in [1.54, 1.807) is 25.1 Å². The third-order valence-electron chi connectivity index (χ3n) is 3.11. The highest BCUT2D eigenvalue weighted by atomic mass is 35.5. The fraction of sp³-hybridized carbons (Fsp3) is 0.235. The summed E-state index contributed by atoms with van der Waals surface area (Å²) in [5.41, 5.74) is -0.301. The van der Waals surface area contributed by atoms with Gasteiger partial charge in [0.2, 0.25) is 0 Å². The number of nitriles is 1. The molecule has 0 aliphatic heterocycles. The van der Waals surface area contributed by atoms with Crippen LogP contribution >= 0.6 is 11.6 Å². The van der Waals surface area contributed by atoms with Crippen LogP contribution in [0, 0.1) is 11.3 Å². The predicted octanol–water partition coefficient (Wildman–Crippen LogP) is 2.93. The van der Waals surface area contributed by atoms with E-state index < -0.39 is 17.5 Å². The zero-order valence-corrected chi connectivity index (χ0v) is 13.8. The standard InChI is InChI=1S/C17H14ClNO5/c1-10(8-22-2)24-17(21)11(7-19)5-12-9-23-15-4-3-13(18)6-14(15)16(12)20/h3-6,9-10H,8H2,1-2H3/b11-5+/t10-/m0/s1. The SMILES string of the molecule is COC[C@H](C)OC(=O)/C(C#N)=C/c1coc2ccc(Cl)cc2c1=O. The Hall–Kier alpha value is -2.62. The second-order valence-corrected chi connectivity index (χ2v) is 5.44. The minimum Gasteiger partial charge on any atom is -0.463 e. The first-order valence-electron chi connectivity index (χ1n) is 6.99. The molecule has 0 radical (unpaired) electrons. The average Bonchev–Trinajstić information content (AvgIpc) is 2.55. The maximum Gasteiger partial charge on any atom is 0.349 e. The molecule has 2 rings (SSSR count). The molecule has 0 unspecified atom stereocenters. The molecule has 2 aromatic rings. The summed E-state index contributed by atoms with van der Waals surface area (Å²) in [5.74, 6) is -0.840. The molecule has 0 saturated heterocycles. The third-order valence-corrected chi connectivity index (χ3v) is 3.35.